The van der Waals surface area contributed by atoms with Crippen molar-refractivity contribution in [2.45, 2.75) is 104 Å². The number of benzene rings is 15. The molecule has 0 fully saturated rings. The van der Waals surface area contributed by atoms with Crippen LogP contribution in [0.2, 0.25) is 0 Å². The summed E-state index contributed by atoms with van der Waals surface area (Å²) >= 11 is 8.15. The first-order chi connectivity index (χ1) is 62.8. The average molecular weight is 1850 g/mol. The molecule has 694 valence electrons. The number of rotatable bonds is 10. The number of nitrogens with two attached hydrogens (primary N) is 18. The standard InChI is InChI=1S/C18H16N2.2C14H16N2O2.C14H16N2.C13H12N2.C9H14N2O3S.C9H14N2.C8H12N2.C6H8N2S2/c19-17-8-2-6-15(11-17)13-4-1-5-14(10-13)16-7-3-9-18(20)12-16;1-18-14-7-11(16)3-5-13(14)12-4-2-10(15)6-9(12)8-17;1-18-14-7-10(3-5-13(14)16)9-2-4-12(15)11(6-9)8-17;1-9-7-11(3-5-13(9)15)12-4-6-14(16)10(2)8-12;14-10-1-3-12-8(6-10)5-9-7-11(15)2-4-13(9)12;1-4-7(10)5(2)9(15(12,13)14)6(3)8(4)11;1-5-4-6(2)9(11)7(3)8(5)10;1-5-3-7(9)4-6(2)8(5)10;7-3-1-5(9)4(8)2-6(3)10/h1-12H,19-20H2;2*2-7,17H,8,15-16H2,1H3;3-8H,15-16H2,1-2H3;1-4,6-7H,5,14-15H2;10-11H2,1-3H3,(H,12,13,14);4H,10-11H2,1-3H3;3-4H,9-10H2,1-2H3;1-2,9-10H,7-8H2. The van der Waals surface area contributed by atoms with Crippen LogP contribution in [0.25, 0.3) is 66.8 Å². The Balaban J connectivity index is 0.000000186. The number of anilines is 18. The molecule has 1 aliphatic rings. The molecule has 15 aromatic rings. The average Bonchev–Trinajstić information content (AvgIpc) is 1.08. The van der Waals surface area contributed by atoms with Crippen LogP contribution in [0.4, 0.5) is 102 Å². The Labute approximate surface area is 791 Å². The normalized spacial score (nSPS) is 10.6. The van der Waals surface area contributed by atoms with Crippen molar-refractivity contribution in [2.24, 2.45) is 0 Å². The number of nitrogen functional groups attached to an aromatic ring is 18. The summed E-state index contributed by atoms with van der Waals surface area (Å²) in [5.74, 6) is 1.31. The van der Waals surface area contributed by atoms with Gasteiger partial charge in [0.1, 0.15) is 16.4 Å². The molecule has 0 bridgehead atoms. The molecule has 15 aromatic carbocycles. The maximum atomic E-state index is 11.1. The van der Waals surface area contributed by atoms with E-state index >= 15 is 0 Å². The molecule has 0 saturated heterocycles. The van der Waals surface area contributed by atoms with E-state index in [1.54, 1.807) is 69.7 Å². The van der Waals surface area contributed by atoms with E-state index in [0.717, 1.165) is 152 Å². The van der Waals surface area contributed by atoms with Crippen LogP contribution in [0.15, 0.2) is 263 Å². The van der Waals surface area contributed by atoms with E-state index in [2.05, 4.69) is 85.9 Å². The monoisotopic (exact) mass is 1840 g/mol. The minimum absolute atomic E-state index is 0.0755. The predicted molar refractivity (Wildman–Crippen MR) is 569 cm³/mol. The lowest BCUT2D eigenvalue weighted by Gasteiger charge is -2.15. The van der Waals surface area contributed by atoms with Crippen molar-refractivity contribution in [1.82, 2.24) is 0 Å². The molecule has 133 heavy (non-hydrogen) atoms. The van der Waals surface area contributed by atoms with Gasteiger partial charge in [0.05, 0.1) is 33.1 Å². The third kappa shape index (κ3) is 27.5. The van der Waals surface area contributed by atoms with Crippen LogP contribution in [0, 0.1) is 69.2 Å². The summed E-state index contributed by atoms with van der Waals surface area (Å²) in [5.41, 5.74) is 141. The Morgan fingerprint density at radius 1 is 0.278 bits per heavy atom. The van der Waals surface area contributed by atoms with Gasteiger partial charge >= 0.3 is 0 Å². The van der Waals surface area contributed by atoms with E-state index in [9.17, 15) is 18.6 Å². The highest BCUT2D eigenvalue weighted by molar-refractivity contribution is 7.86. The van der Waals surface area contributed by atoms with Crippen molar-refractivity contribution >= 4 is 138 Å². The van der Waals surface area contributed by atoms with Gasteiger partial charge in [-0.25, -0.2) is 0 Å². The highest BCUT2D eigenvalue weighted by atomic mass is 32.2. The van der Waals surface area contributed by atoms with Gasteiger partial charge in [-0.2, -0.15) is 8.42 Å². The fourth-order valence-corrected chi connectivity index (χ4v) is 15.9. The zero-order chi connectivity index (χ0) is 98.3. The highest BCUT2D eigenvalue weighted by Gasteiger charge is 2.23. The lowest BCUT2D eigenvalue weighted by Crippen LogP contribution is -2.10. The number of aryl methyl sites for hydroxylation is 6. The van der Waals surface area contributed by atoms with E-state index in [0.29, 0.717) is 89.0 Å². The summed E-state index contributed by atoms with van der Waals surface area (Å²) in [5, 5.41) is 18.6. The lowest BCUT2D eigenvalue weighted by atomic mass is 9.98. The summed E-state index contributed by atoms with van der Waals surface area (Å²) in [7, 11) is -1.11. The molecule has 0 spiro atoms. The fraction of sp³-hybridized carbons (Fsp3) is 0.143. The van der Waals surface area contributed by atoms with Crippen molar-refractivity contribution in [2.75, 3.05) is 117 Å². The van der Waals surface area contributed by atoms with Gasteiger partial charge in [0.2, 0.25) is 0 Å². The Hall–Kier alpha value is -15.2. The fourth-order valence-electron chi connectivity index (χ4n) is 14.5. The molecule has 0 atom stereocenters. The molecular weight excluding hydrogens is 1720 g/mol. The number of fused-ring (bicyclic) bond motifs is 3. The molecule has 0 aromatic heterocycles. The second-order valence-electron chi connectivity index (χ2n) is 32.1. The Morgan fingerprint density at radius 2 is 0.624 bits per heavy atom. The third-order valence-electron chi connectivity index (χ3n) is 22.2. The quantitative estimate of drug-likeness (QED) is 0.0343. The van der Waals surface area contributed by atoms with Crippen LogP contribution < -0.4 is 113 Å². The Bertz CT molecular complexity index is 6420. The van der Waals surface area contributed by atoms with E-state index in [1.165, 1.54) is 47.2 Å². The number of thiol groups is 2. The zero-order valence-electron chi connectivity index (χ0n) is 77.0. The Morgan fingerprint density at radius 3 is 1.04 bits per heavy atom. The first-order valence-electron chi connectivity index (χ1n) is 41.9. The summed E-state index contributed by atoms with van der Waals surface area (Å²) in [6, 6.07) is 79.6. The van der Waals surface area contributed by atoms with Gasteiger partial charge in [0.15, 0.2) is 0 Å². The molecule has 25 nitrogen and oxygen atoms in total. The second kappa shape index (κ2) is 46.4. The molecule has 0 heterocycles. The number of aliphatic hydroxyl groups is 2. The number of aliphatic hydroxyl groups excluding tert-OH is 2. The number of hydrogen-bond acceptors (Lipinski definition) is 26. The molecule has 0 saturated carbocycles. The summed E-state index contributed by atoms with van der Waals surface area (Å²) in [4.78, 5) is 1.19. The number of ether oxygens (including phenoxy) is 2. The van der Waals surface area contributed by atoms with E-state index < -0.39 is 10.1 Å². The van der Waals surface area contributed by atoms with E-state index in [4.69, 9.17) is 117 Å². The first-order valence-corrected chi connectivity index (χ1v) is 44.2. The first kappa shape index (κ1) is 103. The van der Waals surface area contributed by atoms with Crippen LogP contribution >= 0.6 is 25.3 Å². The molecule has 0 amide bonds. The van der Waals surface area contributed by atoms with E-state index in [1.807, 2.05) is 188 Å². The topological polar surface area (TPSA) is 582 Å². The van der Waals surface area contributed by atoms with Crippen LogP contribution in [0.5, 0.6) is 11.5 Å². The van der Waals surface area contributed by atoms with Crippen molar-refractivity contribution in [1.29, 1.82) is 0 Å². The van der Waals surface area contributed by atoms with Crippen molar-refractivity contribution in [3.05, 3.63) is 327 Å². The van der Waals surface area contributed by atoms with Gasteiger partial charge in [-0.05, 0) is 361 Å². The molecule has 0 unspecified atom stereocenters. The van der Waals surface area contributed by atoms with E-state index in [-0.39, 0.29) is 18.1 Å². The van der Waals surface area contributed by atoms with Crippen LogP contribution in [0.3, 0.4) is 0 Å². The minimum atomic E-state index is -4.29. The maximum Gasteiger partial charge on any atom is 0.295 e. The number of methoxy groups -OCH3 is 2. The molecule has 0 radical (unpaired) electrons. The molecule has 1 aliphatic carbocycles. The minimum Gasteiger partial charge on any atom is -0.496 e. The van der Waals surface area contributed by atoms with Gasteiger partial charge in [0.25, 0.3) is 10.1 Å². The van der Waals surface area contributed by atoms with Gasteiger partial charge in [-0.1, -0.05) is 91.0 Å². The van der Waals surface area contributed by atoms with Crippen LogP contribution in [-0.4, -0.2) is 37.4 Å². The summed E-state index contributed by atoms with van der Waals surface area (Å²) < 4.78 is 41.8. The largest absolute Gasteiger partial charge is 0.496 e. The van der Waals surface area contributed by atoms with Gasteiger partial charge < -0.3 is 123 Å². The number of hydrogen-bond donors (Lipinski definition) is 23. The highest BCUT2D eigenvalue weighted by Crippen LogP contribution is 2.41. The summed E-state index contributed by atoms with van der Waals surface area (Å²) in [6.45, 7) is 18.5. The van der Waals surface area contributed by atoms with Gasteiger partial charge in [-0.15, -0.1) is 25.3 Å². The Kier molecular flexibility index (Phi) is 36.0. The summed E-state index contributed by atoms with van der Waals surface area (Å²) in [6.07, 6.45) is 0.945. The van der Waals surface area contributed by atoms with Gasteiger partial charge in [-0.3, -0.25) is 4.55 Å². The third-order valence-corrected chi connectivity index (χ3v) is 24.1. The van der Waals surface area contributed by atoms with Crippen LogP contribution in [0.1, 0.15) is 77.9 Å². The lowest BCUT2D eigenvalue weighted by molar-refractivity contribution is 0.282. The van der Waals surface area contributed by atoms with Crippen LogP contribution in [-0.2, 0) is 29.8 Å². The van der Waals surface area contributed by atoms with Crippen molar-refractivity contribution in [3.8, 4) is 78.3 Å². The molecule has 28 heteroatoms. The van der Waals surface area contributed by atoms with Gasteiger partial charge in [0, 0.05) is 124 Å². The van der Waals surface area contributed by atoms with Crippen molar-refractivity contribution < 1.29 is 32.7 Å². The predicted octanol–water partition coefficient (Wildman–Crippen LogP) is 19.5. The zero-order valence-corrected chi connectivity index (χ0v) is 79.6. The van der Waals surface area contributed by atoms with Crippen molar-refractivity contribution in [3.63, 3.8) is 0 Å². The molecule has 39 N–H and O–H groups in total. The molecular formula is C105H124N18O7S3. The molecule has 16 rings (SSSR count). The maximum absolute atomic E-state index is 11.1. The SMILES string of the molecule is COc1cc(-c2ccc(N)c(CO)c2)ccc1N.COc1cc(N)ccc1-c1ccc(N)cc1CO.Cc1c(N)c(C)c(S(=O)(=O)O)c(C)c1N.Cc1cc(-c2ccc(N)c(C)c2)ccc1N.Cc1cc(C)c(N)c(C)c1N.Cc1cc(N)cc(C)c1N.Nc1cc(S)c(N)cc1S.Nc1ccc2c(c1)Cc1cc(N)ccc1-2.Nc1cccc(-c2cccc(-c3cccc(N)c3)c2)c1. The smallest absolute Gasteiger partial charge is 0.295 e. The second-order valence-corrected chi connectivity index (χ2v) is 34.4. The molecule has 0 aliphatic heterocycles.